The number of para-hydroxylation sites is 1. The number of carbonyl (C=O) groups is 1. The Morgan fingerprint density at radius 2 is 2.00 bits per heavy atom. The molecule has 1 aromatic carbocycles. The number of likely N-dealkylation sites (tertiary alicyclic amines) is 1. The summed E-state index contributed by atoms with van der Waals surface area (Å²) < 4.78 is 1.90. The number of aliphatic hydroxyl groups is 1. The van der Waals surface area contributed by atoms with Crippen LogP contribution >= 0.6 is 0 Å². The molecule has 0 bridgehead atoms. The van der Waals surface area contributed by atoms with E-state index >= 15 is 0 Å². The first kappa shape index (κ1) is 17.7. The molecule has 0 aliphatic carbocycles. The van der Waals surface area contributed by atoms with Crippen LogP contribution in [-0.4, -0.2) is 44.9 Å². The predicted molar refractivity (Wildman–Crippen MR) is 97.7 cm³/mol. The van der Waals surface area contributed by atoms with Crippen LogP contribution in [0.5, 0.6) is 0 Å². The number of rotatable bonds is 4. The largest absolute Gasteiger partial charge is 0.394 e. The van der Waals surface area contributed by atoms with Crippen LogP contribution in [0.3, 0.4) is 0 Å². The minimum atomic E-state index is -0.0639. The lowest BCUT2D eigenvalue weighted by Gasteiger charge is -2.39. The molecule has 5 heteroatoms. The van der Waals surface area contributed by atoms with Crippen LogP contribution in [-0.2, 0) is 11.2 Å². The molecule has 1 amide bonds. The van der Waals surface area contributed by atoms with Crippen molar-refractivity contribution >= 4 is 5.91 Å². The molecule has 1 aromatic heterocycles. The van der Waals surface area contributed by atoms with Crippen LogP contribution in [0, 0.1) is 19.8 Å². The van der Waals surface area contributed by atoms with E-state index in [9.17, 15) is 9.90 Å². The number of aliphatic hydroxyl groups excluding tert-OH is 1. The highest BCUT2D eigenvalue weighted by Crippen LogP contribution is 2.25. The van der Waals surface area contributed by atoms with Gasteiger partial charge < -0.3 is 10.0 Å². The average Bonchev–Trinajstić information content (AvgIpc) is 2.90. The number of aryl methyl sites for hydroxylation is 1. The van der Waals surface area contributed by atoms with Gasteiger partial charge in [-0.1, -0.05) is 25.1 Å². The minimum absolute atomic E-state index is 0.0359. The molecule has 0 saturated carbocycles. The highest BCUT2D eigenvalue weighted by atomic mass is 16.3. The summed E-state index contributed by atoms with van der Waals surface area (Å²) in [5.41, 5.74) is 3.88. The van der Waals surface area contributed by atoms with Crippen molar-refractivity contribution in [3.05, 3.63) is 47.3 Å². The molecule has 1 N–H and O–H groups in total. The molecule has 134 valence electrons. The van der Waals surface area contributed by atoms with Gasteiger partial charge in [-0.05, 0) is 44.7 Å². The fourth-order valence-electron chi connectivity index (χ4n) is 3.84. The Balaban J connectivity index is 1.83. The van der Waals surface area contributed by atoms with Gasteiger partial charge >= 0.3 is 0 Å². The van der Waals surface area contributed by atoms with Gasteiger partial charge in [-0.15, -0.1) is 0 Å². The first-order valence-electron chi connectivity index (χ1n) is 9.03. The minimum Gasteiger partial charge on any atom is -0.394 e. The Hall–Kier alpha value is -2.14. The van der Waals surface area contributed by atoms with Gasteiger partial charge in [-0.2, -0.15) is 5.10 Å². The number of carbonyl (C=O) groups excluding carboxylic acids is 1. The van der Waals surface area contributed by atoms with E-state index in [0.29, 0.717) is 12.3 Å². The molecule has 0 radical (unpaired) electrons. The number of amides is 1. The van der Waals surface area contributed by atoms with Crippen molar-refractivity contribution in [3.63, 3.8) is 0 Å². The van der Waals surface area contributed by atoms with Gasteiger partial charge in [-0.25, -0.2) is 4.68 Å². The zero-order valence-corrected chi connectivity index (χ0v) is 15.3. The lowest BCUT2D eigenvalue weighted by molar-refractivity contribution is -0.136. The van der Waals surface area contributed by atoms with E-state index in [1.165, 1.54) is 0 Å². The Kier molecular flexibility index (Phi) is 5.23. The van der Waals surface area contributed by atoms with Crippen molar-refractivity contribution in [1.29, 1.82) is 0 Å². The van der Waals surface area contributed by atoms with Crippen LogP contribution in [0.15, 0.2) is 30.3 Å². The summed E-state index contributed by atoms with van der Waals surface area (Å²) in [4.78, 5) is 14.8. The van der Waals surface area contributed by atoms with Gasteiger partial charge in [0.15, 0.2) is 0 Å². The number of hydrogen-bond acceptors (Lipinski definition) is 3. The predicted octanol–water partition coefficient (Wildman–Crippen LogP) is 2.65. The van der Waals surface area contributed by atoms with E-state index in [1.54, 1.807) is 0 Å². The van der Waals surface area contributed by atoms with Crippen LogP contribution in [0.1, 0.15) is 36.7 Å². The lowest BCUT2D eigenvalue weighted by atomic mass is 9.90. The number of hydrogen-bond donors (Lipinski definition) is 1. The normalized spacial score (nSPS) is 20.7. The highest BCUT2D eigenvalue weighted by Gasteiger charge is 2.31. The topological polar surface area (TPSA) is 58.4 Å². The molecule has 3 rings (SSSR count). The van der Waals surface area contributed by atoms with Gasteiger partial charge in [0, 0.05) is 17.8 Å². The van der Waals surface area contributed by atoms with Gasteiger partial charge in [-0.3, -0.25) is 4.79 Å². The maximum absolute atomic E-state index is 12.9. The average molecular weight is 341 g/mol. The first-order valence-corrected chi connectivity index (χ1v) is 9.03. The summed E-state index contributed by atoms with van der Waals surface area (Å²) in [7, 11) is 0. The lowest BCUT2D eigenvalue weighted by Crippen LogP contribution is -2.50. The second-order valence-electron chi connectivity index (χ2n) is 7.03. The van der Waals surface area contributed by atoms with Gasteiger partial charge in [0.1, 0.15) is 0 Å². The molecule has 1 saturated heterocycles. The summed E-state index contributed by atoms with van der Waals surface area (Å²) in [6, 6.07) is 9.91. The van der Waals surface area contributed by atoms with Crippen LogP contribution in [0.2, 0.25) is 0 Å². The van der Waals surface area contributed by atoms with E-state index in [-0.39, 0.29) is 18.6 Å². The molecule has 1 fully saturated rings. The second-order valence-corrected chi connectivity index (χ2v) is 7.03. The third-order valence-corrected chi connectivity index (χ3v) is 5.39. The molecule has 2 unspecified atom stereocenters. The van der Waals surface area contributed by atoms with Gasteiger partial charge in [0.05, 0.1) is 30.5 Å². The fourth-order valence-corrected chi connectivity index (χ4v) is 3.84. The molecular weight excluding hydrogens is 314 g/mol. The Labute approximate surface area is 149 Å². The molecule has 1 aliphatic rings. The SMILES string of the molecule is Cc1nn(-c2ccccc2)c(C)c1CC(=O)N1CCCC(C)C1CO. The van der Waals surface area contributed by atoms with E-state index in [4.69, 9.17) is 0 Å². The highest BCUT2D eigenvalue weighted by molar-refractivity contribution is 5.80. The van der Waals surface area contributed by atoms with Gasteiger partial charge in [0.2, 0.25) is 5.91 Å². The molecule has 2 atom stereocenters. The van der Waals surface area contributed by atoms with Crippen molar-refractivity contribution < 1.29 is 9.90 Å². The molecule has 25 heavy (non-hydrogen) atoms. The zero-order chi connectivity index (χ0) is 18.0. The van der Waals surface area contributed by atoms with Crippen LogP contribution < -0.4 is 0 Å². The number of piperidine rings is 1. The fraction of sp³-hybridized carbons (Fsp3) is 0.500. The zero-order valence-electron chi connectivity index (χ0n) is 15.3. The Bertz CT molecular complexity index is 739. The second kappa shape index (κ2) is 7.40. The first-order chi connectivity index (χ1) is 12.0. The van der Waals surface area contributed by atoms with Crippen molar-refractivity contribution in [2.45, 2.75) is 46.1 Å². The Morgan fingerprint density at radius 3 is 2.68 bits per heavy atom. The standard InChI is InChI=1S/C20H27N3O2/c1-14-8-7-11-22(19(14)13-24)20(25)12-18-15(2)21-23(16(18)3)17-9-5-4-6-10-17/h4-6,9-10,14,19,24H,7-8,11-13H2,1-3H3. The van der Waals surface area contributed by atoms with Gasteiger partial charge in [0.25, 0.3) is 0 Å². The number of benzene rings is 1. The van der Waals surface area contributed by atoms with Crippen LogP contribution in [0.25, 0.3) is 5.69 Å². The van der Waals surface area contributed by atoms with Crippen molar-refractivity contribution in [3.8, 4) is 5.69 Å². The maximum Gasteiger partial charge on any atom is 0.227 e. The quantitative estimate of drug-likeness (QED) is 0.930. The third kappa shape index (κ3) is 3.47. The molecule has 5 nitrogen and oxygen atoms in total. The third-order valence-electron chi connectivity index (χ3n) is 5.39. The van der Waals surface area contributed by atoms with Crippen molar-refractivity contribution in [1.82, 2.24) is 14.7 Å². The molecule has 1 aliphatic heterocycles. The summed E-state index contributed by atoms with van der Waals surface area (Å²) in [5, 5.41) is 14.3. The van der Waals surface area contributed by atoms with Crippen molar-refractivity contribution in [2.24, 2.45) is 5.92 Å². The monoisotopic (exact) mass is 341 g/mol. The summed E-state index contributed by atoms with van der Waals surface area (Å²) >= 11 is 0. The summed E-state index contributed by atoms with van der Waals surface area (Å²) in [6.07, 6.45) is 2.41. The summed E-state index contributed by atoms with van der Waals surface area (Å²) in [5.74, 6) is 0.432. The van der Waals surface area contributed by atoms with E-state index in [1.807, 2.05) is 53.8 Å². The molecular formula is C20H27N3O2. The van der Waals surface area contributed by atoms with E-state index in [0.717, 1.165) is 42.0 Å². The smallest absolute Gasteiger partial charge is 0.227 e. The van der Waals surface area contributed by atoms with E-state index in [2.05, 4.69) is 12.0 Å². The number of aromatic nitrogens is 2. The maximum atomic E-state index is 12.9. The van der Waals surface area contributed by atoms with E-state index < -0.39 is 0 Å². The molecule has 2 heterocycles. The molecule has 0 spiro atoms. The van der Waals surface area contributed by atoms with Crippen LogP contribution in [0.4, 0.5) is 0 Å². The molecule has 2 aromatic rings. The Morgan fingerprint density at radius 1 is 1.28 bits per heavy atom. The summed E-state index contributed by atoms with van der Waals surface area (Å²) in [6.45, 7) is 6.85. The number of nitrogens with zero attached hydrogens (tertiary/aromatic N) is 3. The van der Waals surface area contributed by atoms with Crippen molar-refractivity contribution in [2.75, 3.05) is 13.2 Å².